The van der Waals surface area contributed by atoms with E-state index in [0.29, 0.717) is 35.6 Å². The third-order valence-corrected chi connectivity index (χ3v) is 5.82. The van der Waals surface area contributed by atoms with Crippen molar-refractivity contribution in [1.82, 2.24) is 15.1 Å². The van der Waals surface area contributed by atoms with Crippen molar-refractivity contribution in [3.05, 3.63) is 68.5 Å². The van der Waals surface area contributed by atoms with Gasteiger partial charge in [0.25, 0.3) is 10.9 Å². The van der Waals surface area contributed by atoms with Gasteiger partial charge in [-0.2, -0.15) is 5.10 Å². The fraction of sp³-hybridized carbons (Fsp3) is 0.280. The van der Waals surface area contributed by atoms with Crippen LogP contribution >= 0.6 is 0 Å². The zero-order valence-corrected chi connectivity index (χ0v) is 20.2. The number of phenolic OH excluding ortho intramolecular Hbond substituents is 1. The Morgan fingerprint density at radius 1 is 1.17 bits per heavy atom. The average molecular weight is 493 g/mol. The number of ether oxygens (including phenoxy) is 1. The number of nitrogens with zero attached hydrogens (tertiary/aromatic N) is 2. The van der Waals surface area contributed by atoms with Crippen molar-refractivity contribution in [2.75, 3.05) is 49.8 Å². The molecule has 1 heterocycles. The zero-order chi connectivity index (χ0) is 25.8. The van der Waals surface area contributed by atoms with E-state index >= 15 is 0 Å². The molecule has 36 heavy (non-hydrogen) atoms. The molecule has 4 rings (SSSR count). The number of rotatable bonds is 11. The summed E-state index contributed by atoms with van der Waals surface area (Å²) in [7, 11) is 3.42. The summed E-state index contributed by atoms with van der Waals surface area (Å²) in [6.45, 7) is 3.13. The highest BCUT2D eigenvalue weighted by atomic mass is 16.5. The number of aromatic amines is 1. The van der Waals surface area contributed by atoms with Crippen LogP contribution in [0.2, 0.25) is 0 Å². The molecule has 0 aliphatic carbocycles. The molecule has 0 unspecified atom stereocenters. The van der Waals surface area contributed by atoms with E-state index in [4.69, 9.17) is 4.74 Å². The number of carbonyl (C=O) groups is 1. The van der Waals surface area contributed by atoms with E-state index in [1.54, 1.807) is 43.5 Å². The lowest BCUT2D eigenvalue weighted by Gasteiger charge is -2.20. The van der Waals surface area contributed by atoms with Gasteiger partial charge in [-0.3, -0.25) is 24.4 Å². The van der Waals surface area contributed by atoms with Crippen molar-refractivity contribution in [2.45, 2.75) is 13.0 Å². The number of likely N-dealkylation sites (N-methyl/N-ethyl adjacent to an activating group) is 1. The number of methoxy groups -OCH3 is 1. The zero-order valence-electron chi connectivity index (χ0n) is 20.2. The molecule has 0 aliphatic rings. The minimum absolute atomic E-state index is 0.113. The van der Waals surface area contributed by atoms with Gasteiger partial charge in [0, 0.05) is 30.8 Å². The number of hydrogen-bond donors (Lipinski definition) is 5. The first kappa shape index (κ1) is 24.9. The van der Waals surface area contributed by atoms with Gasteiger partial charge in [0.15, 0.2) is 5.82 Å². The maximum Gasteiger partial charge on any atom is 0.253 e. The van der Waals surface area contributed by atoms with Crippen molar-refractivity contribution >= 4 is 39.7 Å². The first-order chi connectivity index (χ1) is 17.3. The Balaban J connectivity index is 1.49. The van der Waals surface area contributed by atoms with Crippen molar-refractivity contribution in [3.63, 3.8) is 0 Å². The highest BCUT2D eigenvalue weighted by Gasteiger charge is 2.23. The van der Waals surface area contributed by atoms with Gasteiger partial charge in [-0.15, -0.1) is 0 Å². The summed E-state index contributed by atoms with van der Waals surface area (Å²) in [6.07, 6.45) is 0. The molecule has 4 aromatic rings. The normalized spacial score (nSPS) is 12.2. The fourth-order valence-corrected chi connectivity index (χ4v) is 3.82. The van der Waals surface area contributed by atoms with Crippen LogP contribution in [0.5, 0.6) is 5.75 Å². The predicted octanol–water partition coefficient (Wildman–Crippen LogP) is 2.30. The first-order valence-corrected chi connectivity index (χ1v) is 11.4. The van der Waals surface area contributed by atoms with Crippen molar-refractivity contribution in [2.24, 2.45) is 0 Å². The van der Waals surface area contributed by atoms with Crippen molar-refractivity contribution < 1.29 is 14.6 Å². The van der Waals surface area contributed by atoms with Crippen LogP contribution in [-0.4, -0.2) is 60.0 Å². The van der Waals surface area contributed by atoms with Gasteiger partial charge in [0.2, 0.25) is 5.91 Å². The van der Waals surface area contributed by atoms with Crippen LogP contribution in [0, 0.1) is 0 Å². The molecule has 5 N–H and O–H groups in total. The molecule has 0 saturated heterocycles. The molecule has 0 aliphatic heterocycles. The molecule has 11 nitrogen and oxygen atoms in total. The monoisotopic (exact) mass is 492 g/mol. The van der Waals surface area contributed by atoms with Gasteiger partial charge in [-0.1, -0.05) is 12.1 Å². The molecular weight excluding hydrogens is 464 g/mol. The van der Waals surface area contributed by atoms with Crippen molar-refractivity contribution in [3.8, 4) is 5.75 Å². The van der Waals surface area contributed by atoms with E-state index in [2.05, 4.69) is 26.1 Å². The maximum absolute atomic E-state index is 12.4. The third-order valence-electron chi connectivity index (χ3n) is 5.82. The van der Waals surface area contributed by atoms with Gasteiger partial charge in [-0.05, 0) is 49.9 Å². The van der Waals surface area contributed by atoms with Gasteiger partial charge >= 0.3 is 0 Å². The molecule has 0 bridgehead atoms. The number of nitrogens with one attached hydrogen (secondary N) is 4. The van der Waals surface area contributed by atoms with E-state index in [0.717, 1.165) is 5.56 Å². The van der Waals surface area contributed by atoms with E-state index in [-0.39, 0.29) is 35.6 Å². The van der Waals surface area contributed by atoms with Gasteiger partial charge < -0.3 is 25.8 Å². The van der Waals surface area contributed by atoms with Crippen LogP contribution in [0.15, 0.2) is 52.1 Å². The Hall–Kier alpha value is -4.22. The molecule has 0 radical (unpaired) electrons. The van der Waals surface area contributed by atoms with Crippen LogP contribution in [-0.2, 0) is 9.53 Å². The molecule has 188 valence electrons. The van der Waals surface area contributed by atoms with Gasteiger partial charge in [0.1, 0.15) is 17.1 Å². The number of phenols is 1. The fourth-order valence-electron chi connectivity index (χ4n) is 3.82. The molecule has 1 atom stereocenters. The van der Waals surface area contributed by atoms with Crippen LogP contribution in [0.4, 0.5) is 22.9 Å². The Morgan fingerprint density at radius 3 is 2.69 bits per heavy atom. The topological polar surface area (TPSA) is 149 Å². The summed E-state index contributed by atoms with van der Waals surface area (Å²) in [6, 6.07) is 11.6. The van der Waals surface area contributed by atoms with E-state index < -0.39 is 10.9 Å². The minimum atomic E-state index is -0.625. The summed E-state index contributed by atoms with van der Waals surface area (Å²) in [5.41, 5.74) is 1.11. The maximum atomic E-state index is 12.4. The molecule has 0 fully saturated rings. The lowest BCUT2D eigenvalue weighted by atomic mass is 10.1. The number of H-pyrrole nitrogens is 1. The summed E-state index contributed by atoms with van der Waals surface area (Å²) < 4.78 is 5.03. The smallest absolute Gasteiger partial charge is 0.253 e. The standard InChI is InChI=1S/C25H28N6O5/c1-14(15-5-4-6-17(32)11-15)26-21-22(24(35)23(21)34)27-16-7-8-19-18(12-16)25(30-29-19)28-20(33)13-31(2)9-10-36-3/h4-8,11-12,14,26-27,32H,9-10,13H2,1-3H3,(H2,28,29,30,33)/t14-/m1/s1. The van der Waals surface area contributed by atoms with E-state index in [1.165, 1.54) is 0 Å². The highest BCUT2D eigenvalue weighted by molar-refractivity contribution is 6.01. The Morgan fingerprint density at radius 2 is 1.94 bits per heavy atom. The van der Waals surface area contributed by atoms with Crippen LogP contribution in [0.3, 0.4) is 0 Å². The highest BCUT2D eigenvalue weighted by Crippen LogP contribution is 2.29. The number of benzene rings is 2. The largest absolute Gasteiger partial charge is 0.508 e. The second kappa shape index (κ2) is 10.6. The SMILES string of the molecule is COCCN(C)CC(=O)Nc1n[nH]c2ccc(Nc3c(N[C@H](C)c4cccc(O)c4)c(=O)c3=O)cc12. The summed E-state index contributed by atoms with van der Waals surface area (Å²) >= 11 is 0. The van der Waals surface area contributed by atoms with Crippen molar-refractivity contribution in [1.29, 1.82) is 0 Å². The molecule has 0 saturated carbocycles. The lowest BCUT2D eigenvalue weighted by molar-refractivity contribution is -0.117. The second-order valence-electron chi connectivity index (χ2n) is 8.61. The van der Waals surface area contributed by atoms with E-state index in [1.807, 2.05) is 24.9 Å². The van der Waals surface area contributed by atoms with Crippen LogP contribution < -0.4 is 26.8 Å². The van der Waals surface area contributed by atoms with Gasteiger partial charge in [0.05, 0.1) is 18.7 Å². The summed E-state index contributed by atoms with van der Waals surface area (Å²) in [4.78, 5) is 38.8. The number of aromatic nitrogens is 2. The number of fused-ring (bicyclic) bond motifs is 1. The number of carbonyl (C=O) groups excluding carboxylic acids is 1. The molecule has 1 amide bonds. The quantitative estimate of drug-likeness (QED) is 0.199. The first-order valence-electron chi connectivity index (χ1n) is 11.4. The number of anilines is 4. The minimum Gasteiger partial charge on any atom is -0.508 e. The van der Waals surface area contributed by atoms with Gasteiger partial charge in [-0.25, -0.2) is 0 Å². The Bertz CT molecular complexity index is 1460. The summed E-state index contributed by atoms with van der Waals surface area (Å²) in [5, 5.41) is 26.3. The van der Waals surface area contributed by atoms with Crippen LogP contribution in [0.25, 0.3) is 10.9 Å². The molecular formula is C25H28N6O5. The Kier molecular flexibility index (Phi) is 7.32. The summed E-state index contributed by atoms with van der Waals surface area (Å²) in [5.74, 6) is 0.248. The molecule has 11 heteroatoms. The number of hydrogen-bond acceptors (Lipinski definition) is 9. The predicted molar refractivity (Wildman–Crippen MR) is 139 cm³/mol. The van der Waals surface area contributed by atoms with E-state index in [9.17, 15) is 19.5 Å². The number of amides is 1. The molecule has 1 aromatic heterocycles. The lowest BCUT2D eigenvalue weighted by Crippen LogP contribution is -2.37. The molecule has 0 spiro atoms. The Labute approximate surface area is 206 Å². The van der Waals surface area contributed by atoms with Crippen LogP contribution in [0.1, 0.15) is 18.5 Å². The second-order valence-corrected chi connectivity index (χ2v) is 8.61. The average Bonchev–Trinajstić information content (AvgIpc) is 3.26. The third kappa shape index (κ3) is 5.37. The molecule has 3 aromatic carbocycles. The number of aromatic hydroxyl groups is 1.